The van der Waals surface area contributed by atoms with E-state index in [1.54, 1.807) is 0 Å². The van der Waals surface area contributed by atoms with E-state index < -0.39 is 0 Å². The molecule has 0 fully saturated rings. The normalized spacial score (nSPS) is 10.7. The zero-order valence-electron chi connectivity index (χ0n) is 14.2. The van der Waals surface area contributed by atoms with Gasteiger partial charge in [0.15, 0.2) is 0 Å². The molecule has 0 saturated heterocycles. The Balaban J connectivity index is -0.00000115. The third-order valence-electron chi connectivity index (χ3n) is 3.72. The number of nitrogens with two attached hydrogens (primary N) is 1. The van der Waals surface area contributed by atoms with Crippen LogP contribution in [0.3, 0.4) is 0 Å². The van der Waals surface area contributed by atoms with Crippen LogP contribution in [0.25, 0.3) is 0 Å². The number of allylic oxidation sites excluding steroid dienone is 2. The van der Waals surface area contributed by atoms with Crippen LogP contribution in [-0.2, 0) is 0 Å². The lowest BCUT2D eigenvalue weighted by molar-refractivity contribution is -0.176. The van der Waals surface area contributed by atoms with Gasteiger partial charge in [-0.15, -0.1) is 0 Å². The van der Waals surface area contributed by atoms with Gasteiger partial charge in [-0.1, -0.05) is 76.9 Å². The van der Waals surface area contributed by atoms with Crippen LogP contribution in [-0.4, -0.2) is 17.1 Å². The zero-order chi connectivity index (χ0) is 16.0. The summed E-state index contributed by atoms with van der Waals surface area (Å²) in [5.74, 6) is 0. The Hall–Kier alpha value is -0.380. The smallest absolute Gasteiger partial charge is 0 e. The second-order valence-electron chi connectivity index (χ2n) is 5.73. The number of rotatable bonds is 15. The minimum absolute atomic E-state index is 0. The van der Waals surface area contributed by atoms with Crippen LogP contribution in [0.15, 0.2) is 12.2 Å². The molecule has 130 valence electrons. The van der Waals surface area contributed by atoms with Gasteiger partial charge in [0, 0.05) is 1.43 Å². The Morgan fingerprint density at radius 3 is 1.48 bits per heavy atom. The summed E-state index contributed by atoms with van der Waals surface area (Å²) in [5.41, 5.74) is 5.47. The molecule has 4 N–H and O–H groups in total. The lowest BCUT2D eigenvalue weighted by atomic mass is 10.1. The maximum atomic E-state index is 6.00. The summed E-state index contributed by atoms with van der Waals surface area (Å²) in [6, 6.07) is 0. The van der Waals surface area contributed by atoms with Gasteiger partial charge in [0.25, 0.3) is 0 Å². The van der Waals surface area contributed by atoms with Crippen LogP contribution >= 0.6 is 0 Å². The van der Waals surface area contributed by atoms with Gasteiger partial charge in [-0.2, -0.15) is 0 Å². The molecule has 3 nitrogen and oxygen atoms in total. The summed E-state index contributed by atoms with van der Waals surface area (Å²) in [5, 5.41) is 12.0. The van der Waals surface area contributed by atoms with E-state index in [1.165, 1.54) is 89.9 Å². The molecule has 3 heteroatoms. The molecule has 0 amide bonds. The van der Waals surface area contributed by atoms with E-state index in [9.17, 15) is 0 Å². The van der Waals surface area contributed by atoms with Crippen molar-refractivity contribution in [2.45, 2.75) is 96.8 Å². The second-order valence-corrected chi connectivity index (χ2v) is 5.73. The van der Waals surface area contributed by atoms with E-state index in [4.69, 9.17) is 16.2 Å². The second kappa shape index (κ2) is 24.6. The highest BCUT2D eigenvalue weighted by atomic mass is 17.0. The van der Waals surface area contributed by atoms with Gasteiger partial charge in [-0.3, -0.25) is 10.5 Å². The van der Waals surface area contributed by atoms with Crippen molar-refractivity contribution in [3.05, 3.63) is 12.2 Å². The van der Waals surface area contributed by atoms with Crippen LogP contribution in [0.2, 0.25) is 0 Å². The van der Waals surface area contributed by atoms with Gasteiger partial charge in [-0.25, -0.2) is 0 Å². The summed E-state index contributed by atoms with van der Waals surface area (Å²) in [6.07, 6.45) is 23.9. The van der Waals surface area contributed by atoms with E-state index in [-0.39, 0.29) is 1.43 Å². The Kier molecular flexibility index (Phi) is 26.8. The largest absolute Gasteiger partial charge is 0.330 e. The van der Waals surface area contributed by atoms with Crippen molar-refractivity contribution < 1.29 is 11.9 Å². The molecule has 0 heterocycles. The van der Waals surface area contributed by atoms with Crippen LogP contribution in [0, 0.1) is 0 Å². The Bertz CT molecular complexity index is 190. The summed E-state index contributed by atoms with van der Waals surface area (Å²) in [6.45, 7) is 3.14. The number of hydrogen-bond acceptors (Lipinski definition) is 3. The van der Waals surface area contributed by atoms with E-state index in [2.05, 4.69) is 19.1 Å². The van der Waals surface area contributed by atoms with Crippen molar-refractivity contribution in [2.24, 2.45) is 5.73 Å². The predicted molar refractivity (Wildman–Crippen MR) is 95.9 cm³/mol. The molecule has 0 aliphatic heterocycles. The van der Waals surface area contributed by atoms with Crippen molar-refractivity contribution in [2.75, 3.05) is 6.54 Å². The molecule has 0 aromatic carbocycles. The van der Waals surface area contributed by atoms with E-state index in [0.29, 0.717) is 0 Å². The summed E-state index contributed by atoms with van der Waals surface area (Å²) < 4.78 is 0. The Labute approximate surface area is 134 Å². The molecule has 0 rings (SSSR count). The van der Waals surface area contributed by atoms with Crippen molar-refractivity contribution >= 4 is 0 Å². The third-order valence-corrected chi connectivity index (χ3v) is 3.72. The summed E-state index contributed by atoms with van der Waals surface area (Å²) in [4.78, 5) is 0. The summed E-state index contributed by atoms with van der Waals surface area (Å²) in [7, 11) is 0. The molecule has 0 aromatic rings. The fourth-order valence-corrected chi connectivity index (χ4v) is 2.39. The Morgan fingerprint density at radius 2 is 1.05 bits per heavy atom. The molecule has 21 heavy (non-hydrogen) atoms. The molecule has 0 bridgehead atoms. The van der Waals surface area contributed by atoms with E-state index in [1.807, 2.05) is 0 Å². The predicted octanol–water partition coefficient (Wildman–Crippen LogP) is 6.25. The standard InChI is InChI=1S/C18H37N.H2O2.H2/c1-2-3-4-5-6-7-8-9-10-11-12-13-14-15-16-17-18-19;1-2;/h9-10H,2-8,11-19H2,1H3;1-2H;1H/b10-9-;;. The molecule has 0 aliphatic carbocycles. The van der Waals surface area contributed by atoms with E-state index in [0.717, 1.165) is 6.54 Å². The minimum atomic E-state index is 0. The quantitative estimate of drug-likeness (QED) is 0.145. The lowest BCUT2D eigenvalue weighted by Crippen LogP contribution is -1.97. The van der Waals surface area contributed by atoms with Crippen LogP contribution in [0.4, 0.5) is 0 Å². The maximum Gasteiger partial charge on any atom is 0 e. The SMILES string of the molecule is CCCCCCCC/C=C\CCCCCCCCN.OO.[HH]. The monoisotopic (exact) mass is 303 g/mol. The van der Waals surface area contributed by atoms with Gasteiger partial charge in [0.05, 0.1) is 0 Å². The van der Waals surface area contributed by atoms with Crippen LogP contribution < -0.4 is 5.73 Å². The Morgan fingerprint density at radius 1 is 0.667 bits per heavy atom. The zero-order valence-corrected chi connectivity index (χ0v) is 14.2. The van der Waals surface area contributed by atoms with Crippen molar-refractivity contribution in [3.8, 4) is 0 Å². The van der Waals surface area contributed by atoms with Gasteiger partial charge >= 0.3 is 0 Å². The highest BCUT2D eigenvalue weighted by Crippen LogP contribution is 2.09. The third kappa shape index (κ3) is 25.0. The van der Waals surface area contributed by atoms with Gasteiger partial charge in [-0.05, 0) is 38.6 Å². The first-order valence-electron chi connectivity index (χ1n) is 8.97. The minimum Gasteiger partial charge on any atom is -0.330 e. The molecular formula is C18H41NO2. The fourth-order valence-electron chi connectivity index (χ4n) is 2.39. The molecule has 0 aliphatic rings. The van der Waals surface area contributed by atoms with Crippen molar-refractivity contribution in [1.82, 2.24) is 0 Å². The van der Waals surface area contributed by atoms with Crippen molar-refractivity contribution in [3.63, 3.8) is 0 Å². The topological polar surface area (TPSA) is 66.5 Å². The first-order chi connectivity index (χ1) is 10.4. The molecule has 0 unspecified atom stereocenters. The fraction of sp³-hybridized carbons (Fsp3) is 0.889. The van der Waals surface area contributed by atoms with Gasteiger partial charge in [0.1, 0.15) is 0 Å². The highest BCUT2D eigenvalue weighted by molar-refractivity contribution is 4.81. The van der Waals surface area contributed by atoms with Gasteiger partial charge in [0.2, 0.25) is 0 Å². The molecule has 0 aromatic heterocycles. The summed E-state index contributed by atoms with van der Waals surface area (Å²) >= 11 is 0. The van der Waals surface area contributed by atoms with Crippen LogP contribution in [0.5, 0.6) is 0 Å². The molecule has 0 atom stereocenters. The maximum absolute atomic E-state index is 6.00. The number of unbranched alkanes of at least 4 members (excludes halogenated alkanes) is 12. The number of hydrogen-bond donors (Lipinski definition) is 3. The molecule has 0 spiro atoms. The highest BCUT2D eigenvalue weighted by Gasteiger charge is 1.90. The lowest BCUT2D eigenvalue weighted by Gasteiger charge is -1.99. The van der Waals surface area contributed by atoms with Crippen molar-refractivity contribution in [1.29, 1.82) is 0 Å². The molecule has 0 radical (unpaired) electrons. The van der Waals surface area contributed by atoms with Crippen LogP contribution in [0.1, 0.15) is 98.2 Å². The average molecular weight is 304 g/mol. The van der Waals surface area contributed by atoms with E-state index >= 15 is 0 Å². The average Bonchev–Trinajstić information content (AvgIpc) is 2.53. The first kappa shape index (κ1) is 22.9. The van der Waals surface area contributed by atoms with Gasteiger partial charge < -0.3 is 5.73 Å². The molecular weight excluding hydrogens is 262 g/mol. The molecule has 0 saturated carbocycles. The first-order valence-corrected chi connectivity index (χ1v) is 8.97.